The molecule has 0 aliphatic heterocycles. The van der Waals surface area contributed by atoms with E-state index in [1.165, 1.54) is 5.56 Å². The van der Waals surface area contributed by atoms with Gasteiger partial charge in [0, 0.05) is 10.5 Å². The SMILES string of the molecule is CNC1CC(OCc2cccc(Br)c2)C1. The zero-order valence-corrected chi connectivity index (χ0v) is 10.5. The third kappa shape index (κ3) is 3.03. The van der Waals surface area contributed by atoms with Crippen LogP contribution in [0.15, 0.2) is 28.7 Å². The predicted octanol–water partition coefficient (Wildman–Crippen LogP) is 2.72. The summed E-state index contributed by atoms with van der Waals surface area (Å²) in [4.78, 5) is 0. The van der Waals surface area contributed by atoms with Gasteiger partial charge < -0.3 is 10.1 Å². The summed E-state index contributed by atoms with van der Waals surface area (Å²) >= 11 is 3.46. The molecule has 0 aromatic heterocycles. The monoisotopic (exact) mass is 269 g/mol. The van der Waals surface area contributed by atoms with Gasteiger partial charge in [0.2, 0.25) is 0 Å². The molecule has 1 aliphatic carbocycles. The Labute approximate surface area is 99.1 Å². The number of hydrogen-bond donors (Lipinski definition) is 1. The van der Waals surface area contributed by atoms with Crippen LogP contribution < -0.4 is 5.32 Å². The molecule has 2 rings (SSSR count). The van der Waals surface area contributed by atoms with Crippen LogP contribution in [-0.4, -0.2) is 19.2 Å². The number of rotatable bonds is 4. The second kappa shape index (κ2) is 5.10. The van der Waals surface area contributed by atoms with Crippen LogP contribution in [0.1, 0.15) is 18.4 Å². The largest absolute Gasteiger partial charge is 0.373 e. The van der Waals surface area contributed by atoms with Crippen LogP contribution in [0.2, 0.25) is 0 Å². The minimum atomic E-state index is 0.446. The summed E-state index contributed by atoms with van der Waals surface area (Å²) in [6.07, 6.45) is 2.73. The average Bonchev–Trinajstić information content (AvgIpc) is 2.16. The molecule has 1 aromatic carbocycles. The van der Waals surface area contributed by atoms with E-state index in [1.54, 1.807) is 0 Å². The summed E-state index contributed by atoms with van der Waals surface area (Å²) in [5, 5.41) is 3.25. The molecule has 15 heavy (non-hydrogen) atoms. The van der Waals surface area contributed by atoms with Crippen molar-refractivity contribution in [2.24, 2.45) is 0 Å². The van der Waals surface area contributed by atoms with Crippen molar-refractivity contribution < 1.29 is 4.74 Å². The fourth-order valence-corrected chi connectivity index (χ4v) is 2.22. The lowest BCUT2D eigenvalue weighted by atomic mass is 9.89. The quantitative estimate of drug-likeness (QED) is 0.908. The Bertz CT molecular complexity index is 323. The number of halogens is 1. The van der Waals surface area contributed by atoms with Gasteiger partial charge in [-0.2, -0.15) is 0 Å². The van der Waals surface area contributed by atoms with Crippen molar-refractivity contribution >= 4 is 15.9 Å². The van der Waals surface area contributed by atoms with E-state index in [1.807, 2.05) is 19.2 Å². The lowest BCUT2D eigenvalue weighted by Crippen LogP contribution is -2.43. The first-order valence-electron chi connectivity index (χ1n) is 5.31. The molecule has 82 valence electrons. The van der Waals surface area contributed by atoms with Crippen LogP contribution in [0.3, 0.4) is 0 Å². The number of nitrogens with one attached hydrogen (secondary N) is 1. The maximum atomic E-state index is 5.79. The topological polar surface area (TPSA) is 21.3 Å². The summed E-state index contributed by atoms with van der Waals surface area (Å²) in [7, 11) is 2.01. The van der Waals surface area contributed by atoms with Crippen molar-refractivity contribution in [3.63, 3.8) is 0 Å². The molecular weight excluding hydrogens is 254 g/mol. The first kappa shape index (κ1) is 11.1. The second-order valence-corrected chi connectivity index (χ2v) is 4.94. The fourth-order valence-electron chi connectivity index (χ4n) is 1.78. The van der Waals surface area contributed by atoms with Gasteiger partial charge in [0.25, 0.3) is 0 Å². The Morgan fingerprint density at radius 3 is 2.93 bits per heavy atom. The van der Waals surface area contributed by atoms with Gasteiger partial charge in [0.05, 0.1) is 12.7 Å². The van der Waals surface area contributed by atoms with Crippen LogP contribution in [-0.2, 0) is 11.3 Å². The van der Waals surface area contributed by atoms with Crippen molar-refractivity contribution in [2.45, 2.75) is 31.6 Å². The van der Waals surface area contributed by atoms with Crippen LogP contribution in [0, 0.1) is 0 Å². The normalized spacial score (nSPS) is 24.9. The molecule has 0 unspecified atom stereocenters. The molecule has 0 saturated heterocycles. The average molecular weight is 270 g/mol. The van der Waals surface area contributed by atoms with Gasteiger partial charge in [-0.05, 0) is 37.6 Å². The Balaban J connectivity index is 1.75. The van der Waals surface area contributed by atoms with E-state index in [9.17, 15) is 0 Å². The Morgan fingerprint density at radius 2 is 2.27 bits per heavy atom. The van der Waals surface area contributed by atoms with E-state index >= 15 is 0 Å². The molecule has 1 aliphatic rings. The highest BCUT2D eigenvalue weighted by Crippen LogP contribution is 2.24. The van der Waals surface area contributed by atoms with Gasteiger partial charge in [-0.25, -0.2) is 0 Å². The van der Waals surface area contributed by atoms with Gasteiger partial charge in [0.1, 0.15) is 0 Å². The lowest BCUT2D eigenvalue weighted by Gasteiger charge is -2.34. The number of ether oxygens (including phenoxy) is 1. The second-order valence-electron chi connectivity index (χ2n) is 4.02. The highest BCUT2D eigenvalue weighted by molar-refractivity contribution is 9.10. The van der Waals surface area contributed by atoms with Crippen molar-refractivity contribution in [1.82, 2.24) is 5.32 Å². The minimum absolute atomic E-state index is 0.446. The van der Waals surface area contributed by atoms with E-state index in [0.717, 1.165) is 23.9 Å². The molecule has 0 heterocycles. The van der Waals surface area contributed by atoms with Crippen LogP contribution in [0.25, 0.3) is 0 Å². The van der Waals surface area contributed by atoms with E-state index in [0.29, 0.717) is 12.1 Å². The first-order valence-corrected chi connectivity index (χ1v) is 6.10. The van der Waals surface area contributed by atoms with Crippen LogP contribution >= 0.6 is 15.9 Å². The minimum Gasteiger partial charge on any atom is -0.373 e. The molecule has 1 N–H and O–H groups in total. The number of benzene rings is 1. The third-order valence-corrected chi connectivity index (χ3v) is 3.37. The van der Waals surface area contributed by atoms with Crippen LogP contribution in [0.4, 0.5) is 0 Å². The molecule has 2 nitrogen and oxygen atoms in total. The van der Waals surface area contributed by atoms with Gasteiger partial charge in [-0.15, -0.1) is 0 Å². The standard InChI is InChI=1S/C12H16BrNO/c1-14-11-6-12(7-11)15-8-9-3-2-4-10(13)5-9/h2-5,11-12,14H,6-8H2,1H3. The van der Waals surface area contributed by atoms with Gasteiger partial charge in [0.15, 0.2) is 0 Å². The fraction of sp³-hybridized carbons (Fsp3) is 0.500. The summed E-state index contributed by atoms with van der Waals surface area (Å²) < 4.78 is 6.91. The molecule has 3 heteroatoms. The zero-order valence-electron chi connectivity index (χ0n) is 8.87. The maximum absolute atomic E-state index is 5.79. The summed E-state index contributed by atoms with van der Waals surface area (Å²) in [6.45, 7) is 0.723. The van der Waals surface area contributed by atoms with Crippen molar-refractivity contribution in [3.8, 4) is 0 Å². The highest BCUT2D eigenvalue weighted by atomic mass is 79.9. The zero-order chi connectivity index (χ0) is 10.7. The van der Waals surface area contributed by atoms with Gasteiger partial charge >= 0.3 is 0 Å². The van der Waals surface area contributed by atoms with Crippen LogP contribution in [0.5, 0.6) is 0 Å². The smallest absolute Gasteiger partial charge is 0.0721 e. The van der Waals surface area contributed by atoms with E-state index in [2.05, 4.69) is 33.4 Å². The third-order valence-electron chi connectivity index (χ3n) is 2.88. The Kier molecular flexibility index (Phi) is 3.78. The van der Waals surface area contributed by atoms with E-state index < -0.39 is 0 Å². The highest BCUT2D eigenvalue weighted by Gasteiger charge is 2.28. The molecule has 0 spiro atoms. The lowest BCUT2D eigenvalue weighted by molar-refractivity contribution is -0.0250. The summed E-state index contributed by atoms with van der Waals surface area (Å²) in [6, 6.07) is 8.94. The molecule has 1 saturated carbocycles. The Morgan fingerprint density at radius 1 is 1.47 bits per heavy atom. The Hall–Kier alpha value is -0.380. The maximum Gasteiger partial charge on any atom is 0.0721 e. The molecule has 0 atom stereocenters. The van der Waals surface area contributed by atoms with Crippen molar-refractivity contribution in [2.75, 3.05) is 7.05 Å². The van der Waals surface area contributed by atoms with Crippen molar-refractivity contribution in [1.29, 1.82) is 0 Å². The molecule has 0 amide bonds. The van der Waals surface area contributed by atoms with Gasteiger partial charge in [-0.3, -0.25) is 0 Å². The summed E-state index contributed by atoms with van der Waals surface area (Å²) in [5.41, 5.74) is 1.23. The van der Waals surface area contributed by atoms with E-state index in [4.69, 9.17) is 4.74 Å². The van der Waals surface area contributed by atoms with E-state index in [-0.39, 0.29) is 0 Å². The molecule has 1 aromatic rings. The predicted molar refractivity (Wildman–Crippen MR) is 64.8 cm³/mol. The molecule has 0 bridgehead atoms. The number of hydrogen-bond acceptors (Lipinski definition) is 2. The van der Waals surface area contributed by atoms with Crippen molar-refractivity contribution in [3.05, 3.63) is 34.3 Å². The molecule has 0 radical (unpaired) electrons. The van der Waals surface area contributed by atoms with Gasteiger partial charge in [-0.1, -0.05) is 28.1 Å². The molecular formula is C12H16BrNO. The molecule has 1 fully saturated rings. The summed E-state index contributed by atoms with van der Waals surface area (Å²) in [5.74, 6) is 0. The first-order chi connectivity index (χ1) is 7.28.